The number of carbonyl (C=O) groups excluding carboxylic acids is 1. The molecule has 0 saturated carbocycles. The number of halogens is 1. The molecule has 4 N–H and O–H groups in total. The first kappa shape index (κ1) is 31.6. The zero-order chi connectivity index (χ0) is 27.7. The van der Waals surface area contributed by atoms with Crippen molar-refractivity contribution in [3.8, 4) is 0 Å². The van der Waals surface area contributed by atoms with E-state index in [1.807, 2.05) is 19.1 Å². The first-order chi connectivity index (χ1) is 17.7. The van der Waals surface area contributed by atoms with E-state index in [2.05, 4.69) is 47.6 Å². The molecule has 1 unspecified atom stereocenters. The number of carbonyl (C=O) groups is 1. The van der Waals surface area contributed by atoms with Crippen LogP contribution < -0.4 is 16.4 Å². The fraction of sp³-hybridized carbons (Fsp3) is 0.321. The minimum absolute atomic E-state index is 0.0173. The Morgan fingerprint density at radius 2 is 2.00 bits per heavy atom. The van der Waals surface area contributed by atoms with Crippen molar-refractivity contribution in [2.75, 3.05) is 37.5 Å². The highest BCUT2D eigenvalue weighted by Crippen LogP contribution is 2.23. The summed E-state index contributed by atoms with van der Waals surface area (Å²) in [5, 5.41) is 6.21. The molecule has 1 amide bonds. The number of nitrogens with one attached hydrogen (secondary N) is 2. The topological polar surface area (TPSA) is 111 Å². The number of hydrogen-bond donors (Lipinski definition) is 3. The molecular weight excluding hydrogens is 490 g/mol. The molecule has 0 aliphatic heterocycles. The predicted octanol–water partition coefficient (Wildman–Crippen LogP) is 5.98. The van der Waals surface area contributed by atoms with Gasteiger partial charge in [-0.3, -0.25) is 4.79 Å². The lowest BCUT2D eigenvalue weighted by atomic mass is 9.87. The van der Waals surface area contributed by atoms with Gasteiger partial charge >= 0.3 is 0 Å². The van der Waals surface area contributed by atoms with Gasteiger partial charge in [-0.15, -0.1) is 0 Å². The van der Waals surface area contributed by atoms with Crippen molar-refractivity contribution in [3.05, 3.63) is 96.3 Å². The van der Waals surface area contributed by atoms with Crippen molar-refractivity contribution in [2.45, 2.75) is 27.2 Å². The van der Waals surface area contributed by atoms with Gasteiger partial charge in [-0.05, 0) is 55.8 Å². The average Bonchev–Trinajstić information content (AvgIpc) is 2.90. The Kier molecular flexibility index (Phi) is 14.6. The van der Waals surface area contributed by atoms with Crippen LogP contribution in [0.2, 0.25) is 5.02 Å². The van der Waals surface area contributed by atoms with Crippen LogP contribution in [0, 0.1) is 5.41 Å². The smallest absolute Gasteiger partial charge is 0.277 e. The van der Waals surface area contributed by atoms with E-state index >= 15 is 0 Å². The molecule has 9 heteroatoms. The fourth-order valence-corrected chi connectivity index (χ4v) is 2.89. The minimum atomic E-state index is -0.369. The van der Waals surface area contributed by atoms with Crippen molar-refractivity contribution < 1.29 is 14.3 Å². The molecule has 200 valence electrons. The Hall–Kier alpha value is -3.46. The summed E-state index contributed by atoms with van der Waals surface area (Å²) in [6, 6.07) is 6.76. The monoisotopic (exact) mass is 527 g/mol. The third kappa shape index (κ3) is 11.9. The van der Waals surface area contributed by atoms with Crippen molar-refractivity contribution in [1.29, 1.82) is 0 Å². The van der Waals surface area contributed by atoms with Crippen LogP contribution in [0.1, 0.15) is 37.7 Å². The zero-order valence-corrected chi connectivity index (χ0v) is 22.8. The van der Waals surface area contributed by atoms with Crippen LogP contribution in [0.4, 0.5) is 11.5 Å². The SMILES string of the molecule is C=C(/C=C/C)Nc1cccnc1C(=O)Nc1ccc(Cl)cn1.C=C/C(=C/C(C)(CC)CN)OCCOC. The van der Waals surface area contributed by atoms with Crippen molar-refractivity contribution in [1.82, 2.24) is 9.97 Å². The molecule has 0 aliphatic rings. The Morgan fingerprint density at radius 1 is 1.24 bits per heavy atom. The molecular formula is C28H38ClN5O3. The molecule has 37 heavy (non-hydrogen) atoms. The molecule has 0 saturated heterocycles. The maximum absolute atomic E-state index is 12.3. The van der Waals surface area contributed by atoms with Crippen molar-refractivity contribution >= 4 is 29.0 Å². The summed E-state index contributed by atoms with van der Waals surface area (Å²) in [5.41, 5.74) is 7.18. The molecule has 0 fully saturated rings. The third-order valence-electron chi connectivity index (χ3n) is 5.18. The van der Waals surface area contributed by atoms with E-state index in [0.717, 1.165) is 12.2 Å². The Labute approximate surface area is 225 Å². The van der Waals surface area contributed by atoms with Gasteiger partial charge in [0.2, 0.25) is 0 Å². The molecule has 2 aromatic rings. The van der Waals surface area contributed by atoms with Gasteiger partial charge < -0.3 is 25.8 Å². The lowest BCUT2D eigenvalue weighted by Gasteiger charge is -2.23. The van der Waals surface area contributed by atoms with Crippen molar-refractivity contribution in [3.63, 3.8) is 0 Å². The summed E-state index contributed by atoms with van der Waals surface area (Å²) in [5.74, 6) is 0.811. The van der Waals surface area contributed by atoms with Gasteiger partial charge in [0.25, 0.3) is 5.91 Å². The van der Waals surface area contributed by atoms with Gasteiger partial charge in [0.1, 0.15) is 18.2 Å². The second kappa shape index (κ2) is 17.1. The van der Waals surface area contributed by atoms with Gasteiger partial charge in [0.15, 0.2) is 5.69 Å². The van der Waals surface area contributed by atoms with E-state index in [1.54, 1.807) is 49.7 Å². The van der Waals surface area contributed by atoms with Crippen LogP contribution in [0.25, 0.3) is 0 Å². The van der Waals surface area contributed by atoms with Gasteiger partial charge in [-0.2, -0.15) is 0 Å². The Balaban J connectivity index is 0.000000401. The summed E-state index contributed by atoms with van der Waals surface area (Å²) in [6.07, 6.45) is 11.4. The maximum Gasteiger partial charge on any atom is 0.277 e. The number of hydrogen-bond acceptors (Lipinski definition) is 7. The van der Waals surface area contributed by atoms with E-state index < -0.39 is 0 Å². The molecule has 0 aliphatic carbocycles. The van der Waals surface area contributed by atoms with Crippen LogP contribution in [0.5, 0.6) is 0 Å². The molecule has 0 bridgehead atoms. The summed E-state index contributed by atoms with van der Waals surface area (Å²) < 4.78 is 10.4. The number of amides is 1. The summed E-state index contributed by atoms with van der Waals surface area (Å²) in [7, 11) is 1.65. The number of nitrogens with two attached hydrogens (primary N) is 1. The highest BCUT2D eigenvalue weighted by Gasteiger charge is 2.18. The highest BCUT2D eigenvalue weighted by atomic mass is 35.5. The van der Waals surface area contributed by atoms with Gasteiger partial charge in [-0.25, -0.2) is 9.97 Å². The van der Waals surface area contributed by atoms with E-state index in [-0.39, 0.29) is 17.0 Å². The van der Waals surface area contributed by atoms with Crippen LogP contribution in [-0.2, 0) is 9.47 Å². The summed E-state index contributed by atoms with van der Waals surface area (Å²) in [6.45, 7) is 15.4. The van der Waals surface area contributed by atoms with Crippen LogP contribution in [0.3, 0.4) is 0 Å². The number of methoxy groups -OCH3 is 1. The van der Waals surface area contributed by atoms with E-state index in [9.17, 15) is 4.79 Å². The maximum atomic E-state index is 12.3. The first-order valence-electron chi connectivity index (χ1n) is 11.9. The van der Waals surface area contributed by atoms with Crippen LogP contribution >= 0.6 is 11.6 Å². The number of allylic oxidation sites excluding steroid dienone is 3. The first-order valence-corrected chi connectivity index (χ1v) is 12.2. The average molecular weight is 528 g/mol. The third-order valence-corrected chi connectivity index (χ3v) is 5.40. The molecule has 0 aromatic carbocycles. The second-order valence-electron chi connectivity index (χ2n) is 8.17. The Morgan fingerprint density at radius 3 is 2.57 bits per heavy atom. The van der Waals surface area contributed by atoms with Gasteiger partial charge in [-0.1, -0.05) is 44.7 Å². The molecule has 2 aromatic heterocycles. The van der Waals surface area contributed by atoms with E-state index in [0.29, 0.717) is 42.0 Å². The molecule has 1 atom stereocenters. The minimum Gasteiger partial charge on any atom is -0.492 e. The van der Waals surface area contributed by atoms with Crippen molar-refractivity contribution in [2.24, 2.45) is 11.1 Å². The molecule has 8 nitrogen and oxygen atoms in total. The number of rotatable bonds is 13. The molecule has 2 rings (SSSR count). The standard InChI is InChI=1S/C16H15ClN4O.C12H23NO2/c1-3-5-11(2)20-13-6-4-9-18-15(13)16(22)21-14-8-7-12(17)10-19-14;1-5-11(15-8-7-14-4)9-12(3,6-2)10-13/h3-10,20H,2H2,1H3,(H,19,21,22);5,9H,1,6-8,10,13H2,2-4H3/b5-3+;11-9-. The summed E-state index contributed by atoms with van der Waals surface area (Å²) in [4.78, 5) is 20.5. The number of nitrogens with zero attached hydrogens (tertiary/aromatic N) is 2. The van der Waals surface area contributed by atoms with Crippen LogP contribution in [0.15, 0.2) is 85.6 Å². The Bertz CT molecular complexity index is 1060. The highest BCUT2D eigenvalue weighted by molar-refractivity contribution is 6.30. The quantitative estimate of drug-likeness (QED) is 0.167. The van der Waals surface area contributed by atoms with Crippen LogP contribution in [-0.4, -0.2) is 42.7 Å². The van der Waals surface area contributed by atoms with Gasteiger partial charge in [0.05, 0.1) is 17.3 Å². The zero-order valence-electron chi connectivity index (χ0n) is 22.1. The lowest BCUT2D eigenvalue weighted by molar-refractivity contribution is 0.102. The molecule has 2 heterocycles. The summed E-state index contributed by atoms with van der Waals surface area (Å²) >= 11 is 5.76. The number of anilines is 2. The second-order valence-corrected chi connectivity index (χ2v) is 8.61. The molecule has 0 radical (unpaired) electrons. The number of aromatic nitrogens is 2. The van der Waals surface area contributed by atoms with E-state index in [1.165, 1.54) is 6.20 Å². The predicted molar refractivity (Wildman–Crippen MR) is 153 cm³/mol. The van der Waals surface area contributed by atoms with E-state index in [4.69, 9.17) is 26.8 Å². The largest absolute Gasteiger partial charge is 0.492 e. The fourth-order valence-electron chi connectivity index (χ4n) is 2.78. The number of pyridine rings is 2. The van der Waals surface area contributed by atoms with Gasteiger partial charge in [0, 0.05) is 37.2 Å². The normalized spacial score (nSPS) is 12.6. The molecule has 0 spiro atoms. The number of ether oxygens (including phenoxy) is 2. The lowest BCUT2D eigenvalue weighted by Crippen LogP contribution is -2.24.